The summed E-state index contributed by atoms with van der Waals surface area (Å²) in [6.45, 7) is 15.8. The highest BCUT2D eigenvalue weighted by Gasteiger charge is 2.43. The number of hydrogen-bond acceptors (Lipinski definition) is 10. The average Bonchev–Trinajstić information content (AvgIpc) is 3.65. The lowest BCUT2D eigenvalue weighted by molar-refractivity contribution is -0.138. The number of benzene rings is 1. The zero-order chi connectivity index (χ0) is 37.1. The van der Waals surface area contributed by atoms with Crippen molar-refractivity contribution < 1.29 is 30.8 Å². The van der Waals surface area contributed by atoms with Gasteiger partial charge in [0.1, 0.15) is 6.33 Å². The number of aryl methyl sites for hydroxylation is 1. The Balaban J connectivity index is 1.39. The molecule has 0 radical (unpaired) electrons. The smallest absolute Gasteiger partial charge is 0.411 e. The number of alkyl halides is 3. The lowest BCUT2D eigenvalue weighted by Crippen LogP contribution is -2.57. The average molecular weight is 750 g/mol. The maximum absolute atomic E-state index is 14.5. The second-order valence-electron chi connectivity index (χ2n) is 14.8. The first-order chi connectivity index (χ1) is 23.8. The van der Waals surface area contributed by atoms with Crippen LogP contribution in [0, 0.1) is 6.92 Å². The van der Waals surface area contributed by atoms with E-state index >= 15 is 0 Å². The van der Waals surface area contributed by atoms with E-state index in [0.29, 0.717) is 73.6 Å². The van der Waals surface area contributed by atoms with Crippen LogP contribution < -0.4 is 10.2 Å². The molecule has 0 saturated carbocycles. The Hall–Kier alpha value is -3.55. The van der Waals surface area contributed by atoms with E-state index in [0.717, 1.165) is 14.3 Å². The van der Waals surface area contributed by atoms with Crippen LogP contribution in [0.3, 0.4) is 0 Å². The van der Waals surface area contributed by atoms with Gasteiger partial charge in [-0.2, -0.15) is 30.4 Å². The monoisotopic (exact) mass is 749 g/mol. The quantitative estimate of drug-likeness (QED) is 0.212. The summed E-state index contributed by atoms with van der Waals surface area (Å²) >= 11 is 0. The van der Waals surface area contributed by atoms with Crippen molar-refractivity contribution in [3.8, 4) is 11.3 Å². The molecule has 2 aliphatic heterocycles. The Morgan fingerprint density at radius 3 is 2.43 bits per heavy atom. The van der Waals surface area contributed by atoms with Crippen LogP contribution in [0.25, 0.3) is 16.9 Å². The molecule has 18 heteroatoms. The minimum atomic E-state index is -4.58. The summed E-state index contributed by atoms with van der Waals surface area (Å²) in [5.41, 5.74) is 1.37. The molecule has 1 N–H and O–H groups in total. The van der Waals surface area contributed by atoms with Crippen LogP contribution in [0.15, 0.2) is 36.8 Å². The first-order valence-electron chi connectivity index (χ1n) is 16.8. The van der Waals surface area contributed by atoms with Crippen LogP contribution in [0.5, 0.6) is 0 Å². The lowest BCUT2D eigenvalue weighted by atomic mass is 10.0. The minimum absolute atomic E-state index is 0.0266. The number of hydrogen-bond donors (Lipinski definition) is 1. The van der Waals surface area contributed by atoms with Crippen molar-refractivity contribution in [1.29, 1.82) is 0 Å². The molecule has 0 amide bonds. The third-order valence-electron chi connectivity index (χ3n) is 9.95. The summed E-state index contributed by atoms with van der Waals surface area (Å²) in [5, 5.41) is 8.19. The number of nitrogens with zero attached hydrogens (tertiary/aromatic N) is 8. The fraction of sp³-hybridized carbons (Fsp3) is 0.545. The number of fused-ring (bicyclic) bond motifs is 1. The first-order valence-corrected chi connectivity index (χ1v) is 21.1. The molecule has 51 heavy (non-hydrogen) atoms. The number of aromatic nitrogens is 5. The summed E-state index contributed by atoms with van der Waals surface area (Å²) < 4.78 is 85.0. The third-order valence-corrected chi connectivity index (χ3v) is 16.1. The standard InChI is InChI=1S/C33H46F3N9O4SSi/c1-22-30(39-27-11-9-10-26(33(34,35)36)25(27)19-42-17-23(18-42)49-51(7,8)32(2,3)4)45-31(38-22)24(16-29(40-45)43-12-14-48-15-13-43)28-20-44(21-37-28)50(46,47)41(5)6/h9-11,16,20-21,23,39H,12-15,17-19H2,1-8H3. The molecule has 4 aromatic rings. The first kappa shape index (κ1) is 37.2. The highest BCUT2D eigenvalue weighted by atomic mass is 32.2. The van der Waals surface area contributed by atoms with Gasteiger partial charge in [-0.05, 0) is 43.3 Å². The normalized spacial score (nSPS) is 17.1. The van der Waals surface area contributed by atoms with E-state index in [1.165, 1.54) is 32.7 Å². The van der Waals surface area contributed by atoms with Crippen LogP contribution in [0.1, 0.15) is 37.6 Å². The molecule has 0 spiro atoms. The molecule has 0 bridgehead atoms. The fourth-order valence-electron chi connectivity index (χ4n) is 5.96. The number of nitrogens with one attached hydrogen (secondary N) is 1. The molecule has 0 unspecified atom stereocenters. The Labute approximate surface area is 297 Å². The third kappa shape index (κ3) is 7.39. The van der Waals surface area contributed by atoms with Gasteiger partial charge in [-0.1, -0.05) is 26.8 Å². The number of likely N-dealkylation sites (tertiary alicyclic amines) is 1. The van der Waals surface area contributed by atoms with Crippen molar-refractivity contribution in [2.45, 2.75) is 64.7 Å². The molecule has 0 aliphatic carbocycles. The Morgan fingerprint density at radius 2 is 1.80 bits per heavy atom. The fourth-order valence-corrected chi connectivity index (χ4v) is 8.08. The predicted molar refractivity (Wildman–Crippen MR) is 192 cm³/mol. The second-order valence-corrected chi connectivity index (χ2v) is 21.6. The molecular formula is C33H46F3N9O4SSi. The largest absolute Gasteiger partial charge is 0.416 e. The molecule has 6 rings (SSSR count). The van der Waals surface area contributed by atoms with Crippen LogP contribution in [-0.2, 0) is 32.1 Å². The predicted octanol–water partition coefficient (Wildman–Crippen LogP) is 5.36. The maximum atomic E-state index is 14.5. The Morgan fingerprint density at radius 1 is 1.12 bits per heavy atom. The van der Waals surface area contributed by atoms with Gasteiger partial charge in [-0.3, -0.25) is 4.90 Å². The van der Waals surface area contributed by atoms with E-state index in [1.807, 2.05) is 9.80 Å². The summed E-state index contributed by atoms with van der Waals surface area (Å²) in [5.74, 6) is 0.939. The van der Waals surface area contributed by atoms with Gasteiger partial charge in [0, 0.05) is 64.3 Å². The highest BCUT2D eigenvalue weighted by molar-refractivity contribution is 7.87. The molecule has 13 nitrogen and oxygen atoms in total. The van der Waals surface area contributed by atoms with Crippen LogP contribution in [0.4, 0.5) is 30.5 Å². The number of halogens is 3. The van der Waals surface area contributed by atoms with Crippen LogP contribution in [0.2, 0.25) is 18.1 Å². The van der Waals surface area contributed by atoms with E-state index in [2.05, 4.69) is 44.2 Å². The molecule has 3 aromatic heterocycles. The lowest BCUT2D eigenvalue weighted by Gasteiger charge is -2.46. The van der Waals surface area contributed by atoms with E-state index in [-0.39, 0.29) is 28.9 Å². The topological polar surface area (TPSA) is 122 Å². The van der Waals surface area contributed by atoms with Crippen LogP contribution in [-0.4, -0.2) is 109 Å². The summed E-state index contributed by atoms with van der Waals surface area (Å²) in [4.78, 5) is 13.2. The molecule has 2 saturated heterocycles. The van der Waals surface area contributed by atoms with Crippen LogP contribution >= 0.6 is 0 Å². The van der Waals surface area contributed by atoms with Gasteiger partial charge < -0.3 is 19.4 Å². The van der Waals surface area contributed by atoms with Gasteiger partial charge in [0.25, 0.3) is 0 Å². The highest BCUT2D eigenvalue weighted by Crippen LogP contribution is 2.41. The Kier molecular flexibility index (Phi) is 9.82. The van der Waals surface area contributed by atoms with Gasteiger partial charge in [-0.15, -0.1) is 5.10 Å². The van der Waals surface area contributed by atoms with Crippen molar-refractivity contribution in [3.05, 3.63) is 53.6 Å². The summed E-state index contributed by atoms with van der Waals surface area (Å²) in [6.07, 6.45) is -1.98. The summed E-state index contributed by atoms with van der Waals surface area (Å²) in [6, 6.07) is 5.93. The number of ether oxygens (including phenoxy) is 1. The number of anilines is 3. The molecule has 2 fully saturated rings. The van der Waals surface area contributed by atoms with E-state index in [1.54, 1.807) is 23.6 Å². The number of morpholine rings is 1. The van der Waals surface area contributed by atoms with Gasteiger partial charge in [-0.25, -0.2) is 13.9 Å². The number of imidazole rings is 2. The van der Waals surface area contributed by atoms with E-state index in [4.69, 9.17) is 19.2 Å². The zero-order valence-electron chi connectivity index (χ0n) is 30.2. The van der Waals surface area contributed by atoms with Crippen molar-refractivity contribution >= 4 is 41.5 Å². The SMILES string of the molecule is Cc1nc2c(-c3cn(S(=O)(=O)N(C)C)cn3)cc(N3CCOCC3)nn2c1Nc1cccc(C(F)(F)F)c1CN1CC(O[Si](C)(C)C(C)(C)C)C1. The minimum Gasteiger partial charge on any atom is -0.411 e. The molecule has 2 aliphatic rings. The van der Waals surface area contributed by atoms with Crippen molar-refractivity contribution in [2.24, 2.45) is 0 Å². The van der Waals surface area contributed by atoms with E-state index < -0.39 is 30.3 Å². The molecule has 1 aromatic carbocycles. The molecule has 278 valence electrons. The van der Waals surface area contributed by atoms with Gasteiger partial charge in [0.2, 0.25) is 0 Å². The Bertz CT molecular complexity index is 2010. The van der Waals surface area contributed by atoms with Gasteiger partial charge >= 0.3 is 16.4 Å². The molecule has 5 heterocycles. The summed E-state index contributed by atoms with van der Waals surface area (Å²) in [7, 11) is -3.01. The van der Waals surface area contributed by atoms with Crippen molar-refractivity contribution in [1.82, 2.24) is 32.8 Å². The zero-order valence-corrected chi connectivity index (χ0v) is 32.1. The molecule has 0 atom stereocenters. The number of rotatable bonds is 10. The van der Waals surface area contributed by atoms with Gasteiger partial charge in [0.05, 0.1) is 41.8 Å². The van der Waals surface area contributed by atoms with E-state index in [9.17, 15) is 21.6 Å². The maximum Gasteiger partial charge on any atom is 0.416 e. The van der Waals surface area contributed by atoms with Crippen molar-refractivity contribution in [2.75, 3.05) is 63.7 Å². The molecular weight excluding hydrogens is 704 g/mol. The van der Waals surface area contributed by atoms with Gasteiger partial charge in [0.15, 0.2) is 25.6 Å². The second kappa shape index (κ2) is 13.5. The van der Waals surface area contributed by atoms with Crippen molar-refractivity contribution in [3.63, 3.8) is 0 Å².